The second-order valence-corrected chi connectivity index (χ2v) is 5.86. The van der Waals surface area contributed by atoms with Crippen LogP contribution >= 0.6 is 0 Å². The van der Waals surface area contributed by atoms with Gasteiger partial charge in [-0.25, -0.2) is 4.98 Å². The molecule has 3 heteroatoms. The van der Waals surface area contributed by atoms with E-state index in [4.69, 9.17) is 4.42 Å². The Kier molecular flexibility index (Phi) is 2.47. The van der Waals surface area contributed by atoms with Crippen molar-refractivity contribution >= 4 is 16.9 Å². The molecule has 98 valence electrons. The standard InChI is InChI=1S/C16H17NO2/c18-13(16-10-5-1-2-6-11(10)16)9-15-17-12-7-3-4-8-14(12)19-15/h3-4,7-8,10-11,16H,1-2,5-6,9H2. The monoisotopic (exact) mass is 255 g/mol. The molecule has 1 heterocycles. The molecule has 2 atom stereocenters. The molecule has 3 nitrogen and oxygen atoms in total. The molecule has 2 aliphatic carbocycles. The molecule has 19 heavy (non-hydrogen) atoms. The molecule has 2 aromatic rings. The Bertz CT molecular complexity index is 585. The van der Waals surface area contributed by atoms with Crippen molar-refractivity contribution in [1.29, 1.82) is 0 Å². The molecule has 0 spiro atoms. The van der Waals surface area contributed by atoms with Gasteiger partial charge in [0, 0.05) is 5.92 Å². The second kappa shape index (κ2) is 4.19. The van der Waals surface area contributed by atoms with E-state index in [0.717, 1.165) is 11.1 Å². The Morgan fingerprint density at radius 1 is 1.21 bits per heavy atom. The van der Waals surface area contributed by atoms with Crippen LogP contribution in [0.1, 0.15) is 31.6 Å². The Morgan fingerprint density at radius 3 is 2.68 bits per heavy atom. The fourth-order valence-corrected chi connectivity index (χ4v) is 3.73. The first-order valence-electron chi connectivity index (χ1n) is 7.20. The van der Waals surface area contributed by atoms with E-state index in [9.17, 15) is 4.79 Å². The summed E-state index contributed by atoms with van der Waals surface area (Å²) in [5.41, 5.74) is 1.62. The molecule has 0 bridgehead atoms. The average Bonchev–Trinajstić information content (AvgIpc) is 3.02. The third kappa shape index (κ3) is 1.88. The third-order valence-electron chi connectivity index (χ3n) is 4.69. The van der Waals surface area contributed by atoms with Gasteiger partial charge in [-0.2, -0.15) is 0 Å². The Labute approximate surface area is 112 Å². The van der Waals surface area contributed by atoms with Gasteiger partial charge in [0.05, 0.1) is 6.42 Å². The Hall–Kier alpha value is -1.64. The normalized spacial score (nSPS) is 29.2. The molecule has 0 radical (unpaired) electrons. The summed E-state index contributed by atoms with van der Waals surface area (Å²) in [6.07, 6.45) is 5.46. The fraction of sp³-hybridized carbons (Fsp3) is 0.500. The summed E-state index contributed by atoms with van der Waals surface area (Å²) in [6, 6.07) is 7.68. The van der Waals surface area contributed by atoms with Crippen LogP contribution in [-0.2, 0) is 11.2 Å². The largest absolute Gasteiger partial charge is 0.440 e. The van der Waals surface area contributed by atoms with Crippen molar-refractivity contribution in [3.05, 3.63) is 30.2 Å². The topological polar surface area (TPSA) is 43.1 Å². The highest BCUT2D eigenvalue weighted by atomic mass is 16.3. The van der Waals surface area contributed by atoms with Crippen LogP contribution in [0, 0.1) is 17.8 Å². The first kappa shape index (κ1) is 11.2. The number of hydrogen-bond donors (Lipinski definition) is 0. The van der Waals surface area contributed by atoms with Crippen molar-refractivity contribution in [2.75, 3.05) is 0 Å². The van der Waals surface area contributed by atoms with Crippen LogP contribution in [0.2, 0.25) is 0 Å². The van der Waals surface area contributed by atoms with Gasteiger partial charge in [0.15, 0.2) is 5.58 Å². The molecule has 0 aliphatic heterocycles. The molecule has 0 N–H and O–H groups in total. The van der Waals surface area contributed by atoms with E-state index in [-0.39, 0.29) is 0 Å². The third-order valence-corrected chi connectivity index (χ3v) is 4.69. The second-order valence-electron chi connectivity index (χ2n) is 5.86. The minimum Gasteiger partial charge on any atom is -0.440 e. The zero-order valence-corrected chi connectivity index (χ0v) is 10.8. The smallest absolute Gasteiger partial charge is 0.202 e. The molecule has 2 saturated carbocycles. The first-order valence-corrected chi connectivity index (χ1v) is 7.20. The van der Waals surface area contributed by atoms with Crippen molar-refractivity contribution in [3.63, 3.8) is 0 Å². The minimum atomic E-state index is 0.303. The number of carbonyl (C=O) groups is 1. The number of oxazole rings is 1. The van der Waals surface area contributed by atoms with Gasteiger partial charge in [0.2, 0.25) is 5.89 Å². The Balaban J connectivity index is 1.50. The van der Waals surface area contributed by atoms with Crippen LogP contribution in [0.3, 0.4) is 0 Å². The summed E-state index contributed by atoms with van der Waals surface area (Å²) in [6.45, 7) is 0. The van der Waals surface area contributed by atoms with Gasteiger partial charge in [0.1, 0.15) is 11.3 Å². The number of benzene rings is 1. The van der Waals surface area contributed by atoms with E-state index in [2.05, 4.69) is 4.98 Å². The van der Waals surface area contributed by atoms with E-state index in [1.54, 1.807) is 0 Å². The van der Waals surface area contributed by atoms with Crippen molar-refractivity contribution < 1.29 is 9.21 Å². The summed E-state index contributed by atoms with van der Waals surface area (Å²) in [5, 5.41) is 0. The summed E-state index contributed by atoms with van der Waals surface area (Å²) in [7, 11) is 0. The minimum absolute atomic E-state index is 0.303. The SMILES string of the molecule is O=C(Cc1nc2ccccc2o1)C1C2CCCCC21. The van der Waals surface area contributed by atoms with Gasteiger partial charge in [0.25, 0.3) is 0 Å². The van der Waals surface area contributed by atoms with Crippen LogP contribution < -0.4 is 0 Å². The quantitative estimate of drug-likeness (QED) is 0.844. The van der Waals surface area contributed by atoms with Crippen molar-refractivity contribution in [2.45, 2.75) is 32.1 Å². The molecule has 0 amide bonds. The highest BCUT2D eigenvalue weighted by Crippen LogP contribution is 2.56. The molecular weight excluding hydrogens is 238 g/mol. The zero-order valence-electron chi connectivity index (χ0n) is 10.8. The van der Waals surface area contributed by atoms with Crippen LogP contribution in [0.15, 0.2) is 28.7 Å². The molecule has 1 aromatic heterocycles. The van der Waals surface area contributed by atoms with Crippen molar-refractivity contribution in [2.24, 2.45) is 17.8 Å². The van der Waals surface area contributed by atoms with E-state index in [1.807, 2.05) is 24.3 Å². The van der Waals surface area contributed by atoms with E-state index in [0.29, 0.717) is 35.8 Å². The highest BCUT2D eigenvalue weighted by Gasteiger charge is 2.54. The van der Waals surface area contributed by atoms with E-state index >= 15 is 0 Å². The van der Waals surface area contributed by atoms with Gasteiger partial charge < -0.3 is 4.42 Å². The molecule has 2 fully saturated rings. The number of rotatable bonds is 3. The molecule has 4 rings (SSSR count). The lowest BCUT2D eigenvalue weighted by atomic mass is 10.0. The fourth-order valence-electron chi connectivity index (χ4n) is 3.73. The summed E-state index contributed by atoms with van der Waals surface area (Å²) < 4.78 is 5.64. The summed E-state index contributed by atoms with van der Waals surface area (Å²) in [5.74, 6) is 2.56. The van der Waals surface area contributed by atoms with Gasteiger partial charge in [-0.3, -0.25) is 4.79 Å². The van der Waals surface area contributed by atoms with Crippen molar-refractivity contribution in [1.82, 2.24) is 4.98 Å². The number of hydrogen-bond acceptors (Lipinski definition) is 3. The number of fused-ring (bicyclic) bond motifs is 2. The van der Waals surface area contributed by atoms with Crippen LogP contribution in [-0.4, -0.2) is 10.8 Å². The highest BCUT2D eigenvalue weighted by molar-refractivity contribution is 5.86. The Morgan fingerprint density at radius 2 is 1.95 bits per heavy atom. The van der Waals surface area contributed by atoms with Gasteiger partial charge in [-0.15, -0.1) is 0 Å². The maximum absolute atomic E-state index is 12.3. The number of para-hydroxylation sites is 2. The first-order chi connectivity index (χ1) is 9.33. The van der Waals surface area contributed by atoms with Crippen molar-refractivity contribution in [3.8, 4) is 0 Å². The summed E-state index contributed by atoms with van der Waals surface area (Å²) in [4.78, 5) is 16.7. The van der Waals surface area contributed by atoms with Crippen LogP contribution in [0.4, 0.5) is 0 Å². The predicted octanol–water partition coefficient (Wildman–Crippen LogP) is 3.38. The van der Waals surface area contributed by atoms with Gasteiger partial charge in [-0.1, -0.05) is 25.0 Å². The number of Topliss-reactive ketones (excluding diaryl/α,β-unsaturated/α-hetero) is 1. The maximum atomic E-state index is 12.3. The molecule has 1 aromatic carbocycles. The zero-order chi connectivity index (χ0) is 12.8. The lowest BCUT2D eigenvalue weighted by Gasteiger charge is -2.04. The van der Waals surface area contributed by atoms with Gasteiger partial charge >= 0.3 is 0 Å². The van der Waals surface area contributed by atoms with Crippen LogP contribution in [0.5, 0.6) is 0 Å². The molecule has 2 unspecified atom stereocenters. The number of aromatic nitrogens is 1. The molecule has 0 saturated heterocycles. The maximum Gasteiger partial charge on any atom is 0.202 e. The predicted molar refractivity (Wildman–Crippen MR) is 71.7 cm³/mol. The number of carbonyl (C=O) groups excluding carboxylic acids is 1. The lowest BCUT2D eigenvalue weighted by molar-refractivity contribution is -0.120. The average molecular weight is 255 g/mol. The lowest BCUT2D eigenvalue weighted by Crippen LogP contribution is -2.07. The number of ketones is 1. The summed E-state index contributed by atoms with van der Waals surface area (Å²) >= 11 is 0. The molecular formula is C16H17NO2. The van der Waals surface area contributed by atoms with Crippen LogP contribution in [0.25, 0.3) is 11.1 Å². The van der Waals surface area contributed by atoms with Gasteiger partial charge in [-0.05, 0) is 36.8 Å². The number of nitrogens with zero attached hydrogens (tertiary/aromatic N) is 1. The molecule has 2 aliphatic rings. The van der Waals surface area contributed by atoms with E-state index in [1.165, 1.54) is 25.7 Å². The van der Waals surface area contributed by atoms with E-state index < -0.39 is 0 Å².